The van der Waals surface area contributed by atoms with Crippen LogP contribution in [0.1, 0.15) is 26.3 Å². The monoisotopic (exact) mass is 356 g/mol. The third-order valence-corrected chi connectivity index (χ3v) is 3.17. The molecule has 2 N–H and O–H groups in total. The van der Waals surface area contributed by atoms with E-state index in [0.29, 0.717) is 17.2 Å². The average Bonchev–Trinajstić information content (AvgIpc) is 2.53. The lowest BCUT2D eigenvalue weighted by atomic mass is 10.2. The Balaban J connectivity index is 1.97. The molecule has 0 saturated carbocycles. The predicted molar refractivity (Wildman–Crippen MR) is 101 cm³/mol. The number of ether oxygens (including phenoxy) is 2. The van der Waals surface area contributed by atoms with Crippen LogP contribution in [0.3, 0.4) is 0 Å². The number of para-hydroxylation sites is 2. The maximum Gasteiger partial charge on any atom is 0.408 e. The van der Waals surface area contributed by atoms with Crippen LogP contribution in [0.2, 0.25) is 0 Å². The first-order valence-electron chi connectivity index (χ1n) is 8.33. The van der Waals surface area contributed by atoms with Crippen molar-refractivity contribution < 1.29 is 19.1 Å². The second-order valence-corrected chi connectivity index (χ2v) is 6.82. The van der Waals surface area contributed by atoms with E-state index in [2.05, 4.69) is 10.6 Å². The van der Waals surface area contributed by atoms with Crippen molar-refractivity contribution in [2.45, 2.75) is 33.3 Å². The molecule has 0 unspecified atom stereocenters. The van der Waals surface area contributed by atoms with E-state index in [0.717, 1.165) is 5.56 Å². The van der Waals surface area contributed by atoms with E-state index in [1.807, 2.05) is 37.3 Å². The number of rotatable bonds is 5. The fraction of sp³-hybridized carbons (Fsp3) is 0.300. The third kappa shape index (κ3) is 6.47. The Morgan fingerprint density at radius 1 is 1.04 bits per heavy atom. The molecule has 6 nitrogen and oxygen atoms in total. The minimum Gasteiger partial charge on any atom is -0.455 e. The van der Waals surface area contributed by atoms with Crippen LogP contribution in [-0.2, 0) is 9.53 Å². The SMILES string of the molecule is Cc1cccc(Oc2ccccc2NC(=O)CNC(=O)OC(C)(C)C)c1. The molecular weight excluding hydrogens is 332 g/mol. The molecular formula is C20H24N2O4. The number of carbonyl (C=O) groups excluding carboxylic acids is 2. The Bertz CT molecular complexity index is 781. The molecule has 2 aromatic carbocycles. The molecule has 2 amide bonds. The Hall–Kier alpha value is -3.02. The van der Waals surface area contributed by atoms with Gasteiger partial charge in [-0.05, 0) is 57.5 Å². The lowest BCUT2D eigenvalue weighted by molar-refractivity contribution is -0.115. The molecule has 6 heteroatoms. The van der Waals surface area contributed by atoms with Crippen LogP contribution < -0.4 is 15.4 Å². The Kier molecular flexibility index (Phi) is 6.22. The first-order valence-corrected chi connectivity index (χ1v) is 8.33. The molecule has 0 aliphatic heterocycles. The van der Waals surface area contributed by atoms with Gasteiger partial charge in [-0.25, -0.2) is 4.79 Å². The maximum absolute atomic E-state index is 12.1. The quantitative estimate of drug-likeness (QED) is 0.840. The summed E-state index contributed by atoms with van der Waals surface area (Å²) in [6, 6.07) is 14.7. The number of amides is 2. The standard InChI is InChI=1S/C20H24N2O4/c1-14-8-7-9-15(12-14)25-17-11-6-5-10-16(17)22-18(23)13-21-19(24)26-20(2,3)4/h5-12H,13H2,1-4H3,(H,21,24)(H,22,23). The van der Waals surface area contributed by atoms with E-state index in [1.54, 1.807) is 39.0 Å². The van der Waals surface area contributed by atoms with Crippen molar-refractivity contribution in [2.75, 3.05) is 11.9 Å². The highest BCUT2D eigenvalue weighted by atomic mass is 16.6. The number of nitrogens with one attached hydrogen (secondary N) is 2. The highest BCUT2D eigenvalue weighted by Crippen LogP contribution is 2.29. The average molecular weight is 356 g/mol. The number of hydrogen-bond acceptors (Lipinski definition) is 4. The van der Waals surface area contributed by atoms with Crippen LogP contribution in [0.5, 0.6) is 11.5 Å². The minimum absolute atomic E-state index is 0.201. The van der Waals surface area contributed by atoms with Gasteiger partial charge in [-0.2, -0.15) is 0 Å². The molecule has 0 saturated heterocycles. The van der Waals surface area contributed by atoms with Crippen molar-refractivity contribution in [3.8, 4) is 11.5 Å². The van der Waals surface area contributed by atoms with E-state index in [9.17, 15) is 9.59 Å². The van der Waals surface area contributed by atoms with Crippen molar-refractivity contribution in [2.24, 2.45) is 0 Å². The molecule has 138 valence electrons. The molecule has 0 aliphatic carbocycles. The van der Waals surface area contributed by atoms with Crippen molar-refractivity contribution in [1.29, 1.82) is 0 Å². The van der Waals surface area contributed by atoms with Gasteiger partial charge in [-0.3, -0.25) is 4.79 Å². The maximum atomic E-state index is 12.1. The minimum atomic E-state index is -0.642. The first kappa shape index (κ1) is 19.3. The van der Waals surface area contributed by atoms with E-state index in [-0.39, 0.29) is 12.5 Å². The molecule has 0 aromatic heterocycles. The number of benzene rings is 2. The molecule has 2 rings (SSSR count). The van der Waals surface area contributed by atoms with Gasteiger partial charge in [0.2, 0.25) is 5.91 Å². The third-order valence-electron chi connectivity index (χ3n) is 3.17. The Morgan fingerprint density at radius 2 is 1.77 bits per heavy atom. The molecule has 26 heavy (non-hydrogen) atoms. The van der Waals surface area contributed by atoms with Crippen molar-refractivity contribution in [3.63, 3.8) is 0 Å². The van der Waals surface area contributed by atoms with Gasteiger partial charge >= 0.3 is 6.09 Å². The van der Waals surface area contributed by atoms with Crippen LogP contribution in [0.15, 0.2) is 48.5 Å². The highest BCUT2D eigenvalue weighted by molar-refractivity contribution is 5.95. The molecule has 0 radical (unpaired) electrons. The lowest BCUT2D eigenvalue weighted by Gasteiger charge is -2.19. The van der Waals surface area contributed by atoms with Gasteiger partial charge in [-0.15, -0.1) is 0 Å². The zero-order valence-corrected chi connectivity index (χ0v) is 15.5. The van der Waals surface area contributed by atoms with Crippen LogP contribution >= 0.6 is 0 Å². The first-order chi connectivity index (χ1) is 12.2. The largest absolute Gasteiger partial charge is 0.455 e. The zero-order valence-electron chi connectivity index (χ0n) is 15.5. The summed E-state index contributed by atoms with van der Waals surface area (Å²) in [5.41, 5.74) is 0.977. The second-order valence-electron chi connectivity index (χ2n) is 6.82. The van der Waals surface area contributed by atoms with Crippen LogP contribution in [-0.4, -0.2) is 24.1 Å². The summed E-state index contributed by atoms with van der Waals surface area (Å²) in [5.74, 6) is 0.818. The van der Waals surface area contributed by atoms with Crippen molar-refractivity contribution in [3.05, 3.63) is 54.1 Å². The van der Waals surface area contributed by atoms with Gasteiger partial charge in [0, 0.05) is 0 Å². The van der Waals surface area contributed by atoms with Crippen LogP contribution in [0.4, 0.5) is 10.5 Å². The lowest BCUT2D eigenvalue weighted by Crippen LogP contribution is -2.37. The fourth-order valence-electron chi connectivity index (χ4n) is 2.13. The second kappa shape index (κ2) is 8.38. The normalized spacial score (nSPS) is 10.8. The fourth-order valence-corrected chi connectivity index (χ4v) is 2.13. The number of aryl methyl sites for hydroxylation is 1. The molecule has 0 spiro atoms. The highest BCUT2D eigenvalue weighted by Gasteiger charge is 2.17. The van der Waals surface area contributed by atoms with E-state index in [4.69, 9.17) is 9.47 Å². The van der Waals surface area contributed by atoms with Crippen molar-refractivity contribution in [1.82, 2.24) is 5.32 Å². The van der Waals surface area contributed by atoms with E-state index >= 15 is 0 Å². The molecule has 0 aliphatic rings. The number of anilines is 1. The number of hydrogen-bond donors (Lipinski definition) is 2. The summed E-state index contributed by atoms with van der Waals surface area (Å²) in [4.78, 5) is 23.7. The molecule has 0 atom stereocenters. The summed E-state index contributed by atoms with van der Waals surface area (Å²) in [7, 11) is 0. The molecule has 0 heterocycles. The van der Waals surface area contributed by atoms with Crippen molar-refractivity contribution >= 4 is 17.7 Å². The van der Waals surface area contributed by atoms with E-state index in [1.165, 1.54) is 0 Å². The summed E-state index contributed by atoms with van der Waals surface area (Å²) < 4.78 is 11.0. The summed E-state index contributed by atoms with van der Waals surface area (Å²) in [6.07, 6.45) is -0.642. The van der Waals surface area contributed by atoms with Crippen LogP contribution in [0.25, 0.3) is 0 Å². The van der Waals surface area contributed by atoms with Gasteiger partial charge in [-0.1, -0.05) is 24.3 Å². The number of carbonyl (C=O) groups is 2. The van der Waals surface area contributed by atoms with Gasteiger partial charge < -0.3 is 20.1 Å². The van der Waals surface area contributed by atoms with Gasteiger partial charge in [0.25, 0.3) is 0 Å². The molecule has 2 aromatic rings. The van der Waals surface area contributed by atoms with Gasteiger partial charge in [0.1, 0.15) is 17.9 Å². The molecule has 0 fully saturated rings. The summed E-state index contributed by atoms with van der Waals surface area (Å²) >= 11 is 0. The summed E-state index contributed by atoms with van der Waals surface area (Å²) in [6.45, 7) is 7.04. The number of alkyl carbamates (subject to hydrolysis) is 1. The zero-order chi connectivity index (χ0) is 19.2. The Morgan fingerprint density at radius 3 is 2.46 bits per heavy atom. The van der Waals surface area contributed by atoms with Gasteiger partial charge in [0.15, 0.2) is 5.75 Å². The van der Waals surface area contributed by atoms with E-state index < -0.39 is 11.7 Å². The summed E-state index contributed by atoms with van der Waals surface area (Å²) in [5, 5.41) is 5.15. The van der Waals surface area contributed by atoms with Crippen LogP contribution in [0, 0.1) is 6.92 Å². The molecule has 0 bridgehead atoms. The van der Waals surface area contributed by atoms with Gasteiger partial charge in [0.05, 0.1) is 5.69 Å². The smallest absolute Gasteiger partial charge is 0.408 e. The predicted octanol–water partition coefficient (Wildman–Crippen LogP) is 4.25. The Labute approximate surface area is 153 Å². The topological polar surface area (TPSA) is 76.7 Å².